The second-order valence-corrected chi connectivity index (χ2v) is 4.32. The van der Waals surface area contributed by atoms with Crippen LogP contribution in [0.3, 0.4) is 0 Å². The predicted molar refractivity (Wildman–Crippen MR) is 65.8 cm³/mol. The van der Waals surface area contributed by atoms with Gasteiger partial charge in [-0.2, -0.15) is 0 Å². The number of benzene rings is 1. The zero-order valence-corrected chi connectivity index (χ0v) is 10.3. The summed E-state index contributed by atoms with van der Waals surface area (Å²) in [5.74, 6) is -2.38. The van der Waals surface area contributed by atoms with Gasteiger partial charge in [0.15, 0.2) is 11.6 Å². The van der Waals surface area contributed by atoms with E-state index in [2.05, 4.69) is 4.98 Å². The first kappa shape index (κ1) is 13.5. The Morgan fingerprint density at radius 2 is 1.84 bits per heavy atom. The maximum absolute atomic E-state index is 13.3. The Hall–Kier alpha value is -1.88. The minimum absolute atomic E-state index is 0.396. The molecule has 0 fully saturated rings. The van der Waals surface area contributed by atoms with Crippen molar-refractivity contribution >= 4 is 0 Å². The van der Waals surface area contributed by atoms with Crippen LogP contribution in [0.1, 0.15) is 24.6 Å². The van der Waals surface area contributed by atoms with E-state index < -0.39 is 23.0 Å². The molecule has 0 spiro atoms. The molecule has 0 amide bonds. The number of hydrogen-bond acceptors (Lipinski definition) is 2. The Morgan fingerprint density at radius 1 is 1.11 bits per heavy atom. The van der Waals surface area contributed by atoms with Gasteiger partial charge in [-0.15, -0.1) is 0 Å². The molecule has 2 aromatic rings. The van der Waals surface area contributed by atoms with Crippen LogP contribution in [0.5, 0.6) is 0 Å². The van der Waals surface area contributed by atoms with E-state index in [0.29, 0.717) is 17.7 Å². The molecular weight excluding hydrogens is 253 g/mol. The second kappa shape index (κ2) is 5.01. The fraction of sp³-hybridized carbons (Fsp3) is 0.214. The molecular formula is C14H13F3N2. The highest BCUT2D eigenvalue weighted by Gasteiger charge is 2.30. The van der Waals surface area contributed by atoms with E-state index in [0.717, 1.165) is 18.3 Å². The Morgan fingerprint density at radius 3 is 2.37 bits per heavy atom. The van der Waals surface area contributed by atoms with Gasteiger partial charge in [-0.3, -0.25) is 4.98 Å². The van der Waals surface area contributed by atoms with Gasteiger partial charge in [-0.1, -0.05) is 13.0 Å². The largest absolute Gasteiger partial charge is 0.316 e. The number of halogens is 3. The molecule has 1 aromatic carbocycles. The van der Waals surface area contributed by atoms with Crippen molar-refractivity contribution in [2.24, 2.45) is 5.73 Å². The van der Waals surface area contributed by atoms with Gasteiger partial charge in [0, 0.05) is 0 Å². The molecule has 1 atom stereocenters. The molecule has 0 saturated carbocycles. The van der Waals surface area contributed by atoms with Crippen molar-refractivity contribution in [1.82, 2.24) is 4.98 Å². The first-order valence-corrected chi connectivity index (χ1v) is 5.84. The fourth-order valence-corrected chi connectivity index (χ4v) is 1.95. The summed E-state index contributed by atoms with van der Waals surface area (Å²) in [4.78, 5) is 3.93. The van der Waals surface area contributed by atoms with Crippen molar-refractivity contribution < 1.29 is 13.2 Å². The maximum Gasteiger partial charge on any atom is 0.159 e. The lowest BCUT2D eigenvalue weighted by molar-refractivity contribution is 0.476. The van der Waals surface area contributed by atoms with E-state index in [1.165, 1.54) is 18.2 Å². The Kier molecular flexibility index (Phi) is 3.57. The highest BCUT2D eigenvalue weighted by Crippen LogP contribution is 2.29. The molecule has 1 aromatic heterocycles. The summed E-state index contributed by atoms with van der Waals surface area (Å²) in [6, 6.07) is 6.15. The number of nitrogens with zero attached hydrogens (tertiary/aromatic N) is 1. The summed E-state index contributed by atoms with van der Waals surface area (Å²) in [5.41, 5.74) is 5.96. The van der Waals surface area contributed by atoms with E-state index in [1.807, 2.05) is 0 Å². The first-order valence-electron chi connectivity index (χ1n) is 5.84. The summed E-state index contributed by atoms with van der Waals surface area (Å²) in [7, 11) is 0. The zero-order valence-electron chi connectivity index (χ0n) is 10.3. The van der Waals surface area contributed by atoms with Gasteiger partial charge in [0.2, 0.25) is 0 Å². The van der Waals surface area contributed by atoms with Crippen molar-refractivity contribution in [2.75, 3.05) is 0 Å². The number of rotatable bonds is 3. The average Bonchev–Trinajstić information content (AvgIpc) is 2.42. The fourth-order valence-electron chi connectivity index (χ4n) is 1.95. The van der Waals surface area contributed by atoms with Crippen LogP contribution >= 0.6 is 0 Å². The van der Waals surface area contributed by atoms with Crippen molar-refractivity contribution in [2.45, 2.75) is 18.9 Å². The molecule has 0 aliphatic carbocycles. The van der Waals surface area contributed by atoms with Crippen LogP contribution in [-0.2, 0) is 5.54 Å². The van der Waals surface area contributed by atoms with Gasteiger partial charge in [-0.05, 0) is 36.2 Å². The molecule has 2 N–H and O–H groups in total. The summed E-state index contributed by atoms with van der Waals surface area (Å²) >= 11 is 0. The van der Waals surface area contributed by atoms with E-state index in [9.17, 15) is 13.2 Å². The molecule has 2 rings (SSSR count). The molecule has 19 heavy (non-hydrogen) atoms. The molecule has 0 saturated heterocycles. The number of aromatic nitrogens is 1. The quantitative estimate of drug-likeness (QED) is 0.927. The maximum atomic E-state index is 13.3. The van der Waals surface area contributed by atoms with Gasteiger partial charge >= 0.3 is 0 Å². The molecule has 0 radical (unpaired) electrons. The van der Waals surface area contributed by atoms with E-state index in [-0.39, 0.29) is 0 Å². The standard InChI is InChI=1S/C14H13F3N2/c1-2-14(18,13-6-4-10(15)8-19-13)9-3-5-11(16)12(17)7-9/h3-8H,2,18H2,1H3. The highest BCUT2D eigenvalue weighted by atomic mass is 19.2. The molecule has 0 bridgehead atoms. The Labute approximate surface area is 109 Å². The summed E-state index contributed by atoms with van der Waals surface area (Å²) < 4.78 is 39.2. The number of pyridine rings is 1. The minimum atomic E-state index is -1.08. The molecule has 0 aliphatic rings. The van der Waals surface area contributed by atoms with Crippen LogP contribution in [0.25, 0.3) is 0 Å². The molecule has 0 aliphatic heterocycles. The van der Waals surface area contributed by atoms with Crippen molar-refractivity contribution in [3.8, 4) is 0 Å². The third kappa shape index (κ3) is 2.46. The third-order valence-corrected chi connectivity index (χ3v) is 3.18. The van der Waals surface area contributed by atoms with Gasteiger partial charge in [-0.25, -0.2) is 13.2 Å². The third-order valence-electron chi connectivity index (χ3n) is 3.18. The number of nitrogens with two attached hydrogens (primary N) is 1. The van der Waals surface area contributed by atoms with Crippen LogP contribution in [0.4, 0.5) is 13.2 Å². The van der Waals surface area contributed by atoms with E-state index in [4.69, 9.17) is 5.73 Å². The first-order chi connectivity index (χ1) is 8.97. The van der Waals surface area contributed by atoms with Gasteiger partial charge in [0.05, 0.1) is 17.4 Å². The lowest BCUT2D eigenvalue weighted by atomic mass is 9.84. The smallest absolute Gasteiger partial charge is 0.159 e. The Bertz CT molecular complexity index is 584. The zero-order chi connectivity index (χ0) is 14.0. The van der Waals surface area contributed by atoms with E-state index >= 15 is 0 Å². The van der Waals surface area contributed by atoms with Crippen LogP contribution in [0, 0.1) is 17.5 Å². The van der Waals surface area contributed by atoms with Crippen LogP contribution < -0.4 is 5.73 Å². The van der Waals surface area contributed by atoms with E-state index in [1.54, 1.807) is 6.92 Å². The van der Waals surface area contributed by atoms with Crippen LogP contribution in [-0.4, -0.2) is 4.98 Å². The normalized spacial score (nSPS) is 14.2. The molecule has 1 heterocycles. The Balaban J connectivity index is 2.52. The van der Waals surface area contributed by atoms with Gasteiger partial charge < -0.3 is 5.73 Å². The summed E-state index contributed by atoms with van der Waals surface area (Å²) in [6.07, 6.45) is 1.46. The molecule has 100 valence electrons. The van der Waals surface area contributed by atoms with Crippen molar-refractivity contribution in [3.63, 3.8) is 0 Å². The lowest BCUT2D eigenvalue weighted by Gasteiger charge is -2.28. The summed E-state index contributed by atoms with van der Waals surface area (Å²) in [5, 5.41) is 0. The summed E-state index contributed by atoms with van der Waals surface area (Å²) in [6.45, 7) is 1.80. The number of hydrogen-bond donors (Lipinski definition) is 1. The van der Waals surface area contributed by atoms with Gasteiger partial charge in [0.1, 0.15) is 5.82 Å². The minimum Gasteiger partial charge on any atom is -0.316 e. The van der Waals surface area contributed by atoms with Crippen LogP contribution in [0.15, 0.2) is 36.5 Å². The SMILES string of the molecule is CCC(N)(c1ccc(F)c(F)c1)c1ccc(F)cn1. The van der Waals surface area contributed by atoms with Crippen molar-refractivity contribution in [1.29, 1.82) is 0 Å². The van der Waals surface area contributed by atoms with Crippen LogP contribution in [0.2, 0.25) is 0 Å². The van der Waals surface area contributed by atoms with Gasteiger partial charge in [0.25, 0.3) is 0 Å². The molecule has 5 heteroatoms. The lowest BCUT2D eigenvalue weighted by Crippen LogP contribution is -2.38. The second-order valence-electron chi connectivity index (χ2n) is 4.32. The molecule has 1 unspecified atom stereocenters. The predicted octanol–water partition coefficient (Wildman–Crippen LogP) is 3.11. The topological polar surface area (TPSA) is 38.9 Å². The highest BCUT2D eigenvalue weighted by molar-refractivity contribution is 5.34. The molecule has 2 nitrogen and oxygen atoms in total. The monoisotopic (exact) mass is 266 g/mol. The average molecular weight is 266 g/mol. The van der Waals surface area contributed by atoms with Crippen molar-refractivity contribution in [3.05, 3.63) is 65.2 Å².